The van der Waals surface area contributed by atoms with Gasteiger partial charge in [0.2, 0.25) is 5.91 Å². The lowest BCUT2D eigenvalue weighted by Crippen LogP contribution is -2.52. The van der Waals surface area contributed by atoms with Gasteiger partial charge >= 0.3 is 0 Å². The molecule has 2 N–H and O–H groups in total. The van der Waals surface area contributed by atoms with Crippen molar-refractivity contribution in [3.63, 3.8) is 0 Å². The molecule has 1 saturated carbocycles. The molecule has 31 heavy (non-hydrogen) atoms. The molecular weight excluding hydrogens is 384 g/mol. The highest BCUT2D eigenvalue weighted by Crippen LogP contribution is 2.39. The van der Waals surface area contributed by atoms with Gasteiger partial charge in [-0.1, -0.05) is 43.2 Å². The minimum atomic E-state index is -0.264. The Morgan fingerprint density at radius 2 is 1.87 bits per heavy atom. The maximum atomic E-state index is 12.0. The van der Waals surface area contributed by atoms with Gasteiger partial charge in [-0.25, -0.2) is 4.98 Å². The van der Waals surface area contributed by atoms with Gasteiger partial charge in [-0.2, -0.15) is 0 Å². The molecular formula is C26H32N4O. The number of nitrogens with one attached hydrogen (secondary N) is 2. The lowest BCUT2D eigenvalue weighted by Gasteiger charge is -2.43. The van der Waals surface area contributed by atoms with Crippen LogP contribution in [0.1, 0.15) is 68.2 Å². The number of carbonyl (C=O) groups excluding carboxylic acids is 1. The van der Waals surface area contributed by atoms with Gasteiger partial charge in [0.05, 0.1) is 5.54 Å². The summed E-state index contributed by atoms with van der Waals surface area (Å²) < 4.78 is 0. The van der Waals surface area contributed by atoms with Crippen LogP contribution < -0.4 is 5.32 Å². The Morgan fingerprint density at radius 3 is 2.58 bits per heavy atom. The zero-order chi connectivity index (χ0) is 21.3. The third-order valence-electron chi connectivity index (χ3n) is 7.31. The molecule has 5 nitrogen and oxygen atoms in total. The summed E-state index contributed by atoms with van der Waals surface area (Å²) in [5, 5.41) is 4.56. The van der Waals surface area contributed by atoms with Crippen LogP contribution in [-0.2, 0) is 16.9 Å². The Bertz CT molecular complexity index is 1040. The average molecular weight is 417 g/mol. The summed E-state index contributed by atoms with van der Waals surface area (Å²) in [7, 11) is 0. The summed E-state index contributed by atoms with van der Waals surface area (Å²) in [6.45, 7) is 4.50. The minimum absolute atomic E-state index is 0.0449. The maximum absolute atomic E-state index is 12.0. The molecule has 3 heterocycles. The van der Waals surface area contributed by atoms with Crippen LogP contribution in [0, 0.1) is 0 Å². The number of pyridine rings is 1. The molecule has 2 aliphatic rings. The number of fused-ring (bicyclic) bond motifs is 1. The molecule has 3 aromatic rings. The van der Waals surface area contributed by atoms with E-state index in [0.717, 1.165) is 38.1 Å². The van der Waals surface area contributed by atoms with Crippen molar-refractivity contribution in [3.8, 4) is 0 Å². The van der Waals surface area contributed by atoms with Gasteiger partial charge in [0.1, 0.15) is 5.65 Å². The monoisotopic (exact) mass is 416 g/mol. The van der Waals surface area contributed by atoms with Crippen molar-refractivity contribution in [2.75, 3.05) is 13.1 Å². The first kappa shape index (κ1) is 20.3. The molecule has 0 spiro atoms. The molecule has 0 atom stereocenters. The molecule has 1 saturated heterocycles. The van der Waals surface area contributed by atoms with Crippen LogP contribution >= 0.6 is 0 Å². The van der Waals surface area contributed by atoms with Crippen LogP contribution in [-0.4, -0.2) is 33.9 Å². The van der Waals surface area contributed by atoms with Crippen LogP contribution in [0.5, 0.6) is 0 Å². The number of rotatable bonds is 5. The van der Waals surface area contributed by atoms with E-state index in [4.69, 9.17) is 0 Å². The first-order chi connectivity index (χ1) is 15.1. The summed E-state index contributed by atoms with van der Waals surface area (Å²) in [6, 6.07) is 14.7. The molecule has 1 aliphatic carbocycles. The number of amides is 1. The molecule has 5 rings (SSSR count). The number of benzene rings is 1. The minimum Gasteiger partial charge on any atom is -0.347 e. The second-order valence-electron chi connectivity index (χ2n) is 9.30. The fourth-order valence-corrected chi connectivity index (χ4v) is 5.73. The van der Waals surface area contributed by atoms with Crippen LogP contribution in [0.3, 0.4) is 0 Å². The van der Waals surface area contributed by atoms with Crippen LogP contribution in [0.25, 0.3) is 11.0 Å². The van der Waals surface area contributed by atoms with Gasteiger partial charge in [0.15, 0.2) is 0 Å². The molecule has 162 valence electrons. The number of hydrogen-bond donors (Lipinski definition) is 2. The van der Waals surface area contributed by atoms with E-state index in [1.54, 1.807) is 6.92 Å². The van der Waals surface area contributed by atoms with E-state index in [0.29, 0.717) is 5.92 Å². The number of likely N-dealkylation sites (tertiary alicyclic amines) is 1. The van der Waals surface area contributed by atoms with E-state index in [-0.39, 0.29) is 11.4 Å². The van der Waals surface area contributed by atoms with Crippen molar-refractivity contribution in [1.82, 2.24) is 20.2 Å². The summed E-state index contributed by atoms with van der Waals surface area (Å²) in [6.07, 6.45) is 8.94. The first-order valence-electron chi connectivity index (χ1n) is 11.7. The predicted octanol–water partition coefficient (Wildman–Crippen LogP) is 4.85. The highest BCUT2D eigenvalue weighted by Gasteiger charge is 2.37. The number of piperidine rings is 1. The lowest BCUT2D eigenvalue weighted by atomic mass is 9.80. The zero-order valence-corrected chi connectivity index (χ0v) is 18.4. The van der Waals surface area contributed by atoms with E-state index < -0.39 is 0 Å². The van der Waals surface area contributed by atoms with Gasteiger partial charge in [-0.15, -0.1) is 0 Å². The molecule has 1 amide bonds. The van der Waals surface area contributed by atoms with Gasteiger partial charge in [-0.3, -0.25) is 9.69 Å². The first-order valence-corrected chi connectivity index (χ1v) is 11.7. The molecule has 1 aliphatic heterocycles. The maximum Gasteiger partial charge on any atom is 0.217 e. The van der Waals surface area contributed by atoms with Crippen LogP contribution in [0.4, 0.5) is 0 Å². The highest BCUT2D eigenvalue weighted by molar-refractivity contribution is 5.81. The van der Waals surface area contributed by atoms with Crippen molar-refractivity contribution in [2.24, 2.45) is 0 Å². The molecule has 0 bridgehead atoms. The third kappa shape index (κ3) is 3.99. The topological polar surface area (TPSA) is 61.0 Å². The van der Waals surface area contributed by atoms with Gasteiger partial charge in [-0.05, 0) is 54.9 Å². The molecule has 2 aromatic heterocycles. The Hall–Kier alpha value is -2.66. The molecule has 0 radical (unpaired) electrons. The Balaban J connectivity index is 1.38. The van der Waals surface area contributed by atoms with Gasteiger partial charge in [0.25, 0.3) is 0 Å². The standard InChI is InChI=1S/C26H32N4O/c1-19(31)29-26(21-10-3-2-4-11-21)13-16-30(17-14-26)18-23-22-12-7-15-27-25(22)28-24(23)20-8-5-6-9-20/h2-4,7,10-12,15,20H,5-6,8-9,13-14,16-18H2,1H3,(H,27,28)(H,29,31). The van der Waals surface area contributed by atoms with E-state index in [1.165, 1.54) is 47.9 Å². The van der Waals surface area contributed by atoms with Crippen molar-refractivity contribution < 1.29 is 4.79 Å². The second kappa shape index (κ2) is 8.46. The fourth-order valence-electron chi connectivity index (χ4n) is 5.73. The summed E-state index contributed by atoms with van der Waals surface area (Å²) in [5.41, 5.74) is 4.82. The summed E-state index contributed by atoms with van der Waals surface area (Å²) in [4.78, 5) is 22.9. The Kier molecular flexibility index (Phi) is 5.53. The average Bonchev–Trinajstić information content (AvgIpc) is 3.44. The van der Waals surface area contributed by atoms with Crippen molar-refractivity contribution in [1.29, 1.82) is 0 Å². The number of aromatic amines is 1. The summed E-state index contributed by atoms with van der Waals surface area (Å²) >= 11 is 0. The van der Waals surface area contributed by atoms with E-state index in [1.807, 2.05) is 18.3 Å². The molecule has 2 fully saturated rings. The van der Waals surface area contributed by atoms with E-state index in [9.17, 15) is 4.79 Å². The number of hydrogen-bond acceptors (Lipinski definition) is 3. The molecule has 0 unspecified atom stereocenters. The number of nitrogens with zero attached hydrogens (tertiary/aromatic N) is 2. The number of aromatic nitrogens is 2. The fraction of sp³-hybridized carbons (Fsp3) is 0.462. The predicted molar refractivity (Wildman–Crippen MR) is 124 cm³/mol. The van der Waals surface area contributed by atoms with Gasteiger partial charge < -0.3 is 10.3 Å². The third-order valence-corrected chi connectivity index (χ3v) is 7.31. The quantitative estimate of drug-likeness (QED) is 0.625. The molecule has 5 heteroatoms. The van der Waals surface area contributed by atoms with Gasteiger partial charge in [0, 0.05) is 43.8 Å². The van der Waals surface area contributed by atoms with Crippen LogP contribution in [0.15, 0.2) is 48.7 Å². The normalized spacial score (nSPS) is 19.6. The number of H-pyrrole nitrogens is 1. The largest absolute Gasteiger partial charge is 0.347 e. The van der Waals surface area contributed by atoms with Crippen molar-refractivity contribution in [2.45, 2.75) is 63.5 Å². The SMILES string of the molecule is CC(=O)NC1(c2ccccc2)CCN(Cc2c(C3CCCC3)[nH]c3ncccc23)CC1. The Labute approximate surface area is 184 Å². The van der Waals surface area contributed by atoms with Crippen LogP contribution in [0.2, 0.25) is 0 Å². The highest BCUT2D eigenvalue weighted by atomic mass is 16.1. The Morgan fingerprint density at radius 1 is 1.13 bits per heavy atom. The lowest BCUT2D eigenvalue weighted by molar-refractivity contribution is -0.121. The van der Waals surface area contributed by atoms with Crippen molar-refractivity contribution in [3.05, 3.63) is 65.5 Å². The van der Waals surface area contributed by atoms with E-state index in [2.05, 4.69) is 50.5 Å². The second-order valence-corrected chi connectivity index (χ2v) is 9.30. The summed E-state index contributed by atoms with van der Waals surface area (Å²) in [5.74, 6) is 0.681. The smallest absolute Gasteiger partial charge is 0.217 e. The van der Waals surface area contributed by atoms with Crippen molar-refractivity contribution >= 4 is 16.9 Å². The molecule has 1 aromatic carbocycles. The number of carbonyl (C=O) groups is 1. The van der Waals surface area contributed by atoms with E-state index >= 15 is 0 Å². The zero-order valence-electron chi connectivity index (χ0n) is 18.4.